The van der Waals surface area contributed by atoms with Gasteiger partial charge in [0.25, 0.3) is 21.5 Å². The quantitative estimate of drug-likeness (QED) is 0.805. The maximum Gasteiger partial charge on any atom is 0.262 e. The van der Waals surface area contributed by atoms with Crippen LogP contribution in [0.15, 0.2) is 34.3 Å². The molecule has 2 aromatic rings. The number of aryl methyl sites for hydroxylation is 2. The number of aromatic amines is 1. The molecule has 0 unspecified atom stereocenters. The third kappa shape index (κ3) is 3.42. The first-order chi connectivity index (χ1) is 12.3. The van der Waals surface area contributed by atoms with Crippen molar-refractivity contribution in [2.45, 2.75) is 18.4 Å². The molecule has 0 radical (unpaired) electrons. The molecule has 1 aliphatic heterocycles. The van der Waals surface area contributed by atoms with E-state index >= 15 is 0 Å². The van der Waals surface area contributed by atoms with Gasteiger partial charge in [-0.2, -0.15) is 4.31 Å². The summed E-state index contributed by atoms with van der Waals surface area (Å²) in [5.41, 5.74) is -0.389. The highest BCUT2D eigenvalue weighted by molar-refractivity contribution is 7.89. The molecule has 0 saturated carbocycles. The maximum absolute atomic E-state index is 12.8. The lowest BCUT2D eigenvalue weighted by Gasteiger charge is -2.21. The van der Waals surface area contributed by atoms with Gasteiger partial charge in [-0.15, -0.1) is 0 Å². The maximum atomic E-state index is 12.8. The third-order valence-electron chi connectivity index (χ3n) is 4.48. The van der Waals surface area contributed by atoms with Gasteiger partial charge in [0, 0.05) is 45.6 Å². The number of pyridine rings is 1. The summed E-state index contributed by atoms with van der Waals surface area (Å²) in [6, 6.07) is 3.06. The Morgan fingerprint density at radius 2 is 2.00 bits per heavy atom. The minimum Gasteiger partial charge on any atom is -0.337 e. The average molecular weight is 379 g/mol. The summed E-state index contributed by atoms with van der Waals surface area (Å²) in [5.74, 6) is 0.221. The Morgan fingerprint density at radius 3 is 2.65 bits per heavy atom. The summed E-state index contributed by atoms with van der Waals surface area (Å²) >= 11 is 0. The second-order valence-electron chi connectivity index (χ2n) is 6.20. The van der Waals surface area contributed by atoms with Crippen molar-refractivity contribution in [1.82, 2.24) is 23.7 Å². The molecular formula is C16H21N5O4S. The van der Waals surface area contributed by atoms with E-state index in [2.05, 4.69) is 9.97 Å². The Kier molecular flexibility index (Phi) is 4.97. The summed E-state index contributed by atoms with van der Waals surface area (Å²) in [6.07, 6.45) is 3.44. The van der Waals surface area contributed by atoms with Crippen LogP contribution >= 0.6 is 0 Å². The number of rotatable bonds is 3. The predicted molar refractivity (Wildman–Crippen MR) is 94.3 cm³/mol. The fourth-order valence-corrected chi connectivity index (χ4v) is 4.38. The van der Waals surface area contributed by atoms with Gasteiger partial charge in [0.1, 0.15) is 11.4 Å². The summed E-state index contributed by atoms with van der Waals surface area (Å²) in [4.78, 5) is 32.5. The minimum atomic E-state index is -3.71. The van der Waals surface area contributed by atoms with Gasteiger partial charge in [-0.25, -0.2) is 13.4 Å². The molecule has 2 aromatic heterocycles. The third-order valence-corrected chi connectivity index (χ3v) is 6.25. The zero-order valence-electron chi connectivity index (χ0n) is 14.7. The largest absolute Gasteiger partial charge is 0.337 e. The van der Waals surface area contributed by atoms with E-state index in [0.717, 1.165) is 0 Å². The van der Waals surface area contributed by atoms with Crippen LogP contribution in [-0.2, 0) is 17.1 Å². The number of hydrogen-bond acceptors (Lipinski definition) is 5. The molecule has 1 saturated heterocycles. The molecular weight excluding hydrogens is 358 g/mol. The highest BCUT2D eigenvalue weighted by atomic mass is 32.2. The smallest absolute Gasteiger partial charge is 0.262 e. The minimum absolute atomic E-state index is 0.0109. The lowest BCUT2D eigenvalue weighted by Crippen LogP contribution is -2.39. The fraction of sp³-hybridized carbons (Fsp3) is 0.438. The van der Waals surface area contributed by atoms with Crippen LogP contribution in [0.1, 0.15) is 22.6 Å². The molecule has 3 heterocycles. The molecule has 0 aromatic carbocycles. The highest BCUT2D eigenvalue weighted by Gasteiger charge is 2.30. The summed E-state index contributed by atoms with van der Waals surface area (Å²) in [7, 11) is -1.98. The van der Waals surface area contributed by atoms with Gasteiger partial charge in [0.15, 0.2) is 5.03 Å². The fourth-order valence-electron chi connectivity index (χ4n) is 2.88. The molecule has 0 bridgehead atoms. The number of aromatic nitrogens is 3. The first-order valence-electron chi connectivity index (χ1n) is 8.28. The Hall–Kier alpha value is -2.46. The van der Waals surface area contributed by atoms with E-state index in [0.29, 0.717) is 25.3 Å². The Bertz CT molecular complexity index is 959. The topological polar surface area (TPSA) is 108 Å². The molecule has 140 valence electrons. The summed E-state index contributed by atoms with van der Waals surface area (Å²) < 4.78 is 28.6. The molecule has 9 nitrogen and oxygen atoms in total. The van der Waals surface area contributed by atoms with E-state index in [4.69, 9.17) is 0 Å². The molecule has 10 heteroatoms. The number of H-pyrrole nitrogens is 1. The number of carbonyl (C=O) groups is 1. The van der Waals surface area contributed by atoms with Gasteiger partial charge in [0.05, 0.1) is 0 Å². The van der Waals surface area contributed by atoms with Crippen molar-refractivity contribution in [3.05, 3.63) is 46.3 Å². The zero-order chi connectivity index (χ0) is 18.9. The van der Waals surface area contributed by atoms with Crippen LogP contribution in [0.4, 0.5) is 0 Å². The van der Waals surface area contributed by atoms with Crippen LogP contribution in [0.5, 0.6) is 0 Å². The van der Waals surface area contributed by atoms with E-state index < -0.39 is 15.6 Å². The van der Waals surface area contributed by atoms with Crippen LogP contribution in [0, 0.1) is 6.92 Å². The van der Waals surface area contributed by atoms with Gasteiger partial charge in [-0.1, -0.05) is 0 Å². The van der Waals surface area contributed by atoms with E-state index in [9.17, 15) is 18.0 Å². The lowest BCUT2D eigenvalue weighted by atomic mass is 10.2. The number of amides is 1. The van der Waals surface area contributed by atoms with Crippen LogP contribution in [0.3, 0.4) is 0 Å². The summed E-state index contributed by atoms with van der Waals surface area (Å²) in [6.45, 7) is 2.80. The zero-order valence-corrected chi connectivity index (χ0v) is 15.5. The van der Waals surface area contributed by atoms with Crippen molar-refractivity contribution < 1.29 is 13.2 Å². The van der Waals surface area contributed by atoms with Crippen molar-refractivity contribution in [2.24, 2.45) is 7.05 Å². The second-order valence-corrected chi connectivity index (χ2v) is 8.08. The van der Waals surface area contributed by atoms with Gasteiger partial charge < -0.3 is 14.5 Å². The van der Waals surface area contributed by atoms with E-state index in [1.807, 2.05) is 0 Å². The average Bonchev–Trinajstić information content (AvgIpc) is 2.82. The molecule has 1 N–H and O–H groups in total. The van der Waals surface area contributed by atoms with Crippen molar-refractivity contribution in [1.29, 1.82) is 0 Å². The van der Waals surface area contributed by atoms with Crippen molar-refractivity contribution >= 4 is 15.9 Å². The monoisotopic (exact) mass is 379 g/mol. The molecule has 1 amide bonds. The number of carbonyl (C=O) groups excluding carboxylic acids is 1. The number of nitrogens with one attached hydrogen (secondary N) is 1. The van der Waals surface area contributed by atoms with Gasteiger partial charge >= 0.3 is 0 Å². The summed E-state index contributed by atoms with van der Waals surface area (Å²) in [5, 5.41) is 0.0109. The molecule has 0 aliphatic carbocycles. The van der Waals surface area contributed by atoms with Gasteiger partial charge in [0.2, 0.25) is 0 Å². The normalized spacial score (nSPS) is 16.5. The van der Waals surface area contributed by atoms with Crippen LogP contribution in [-0.4, -0.2) is 64.2 Å². The number of sulfonamides is 1. The molecule has 0 spiro atoms. The SMILES string of the molecule is Cc1nc(S(=O)(=O)N2CCCN(C(=O)c3ccc[nH]c3=O)CC2)cn1C. The molecule has 3 rings (SSSR count). The number of imidazole rings is 1. The standard InChI is InChI=1S/C16H21N5O4S/c1-12-18-14(11-19(12)2)26(24,25)21-8-4-7-20(9-10-21)16(23)13-5-3-6-17-15(13)22/h3,5-6,11H,4,7-10H2,1-2H3,(H,17,22). The first-order valence-corrected chi connectivity index (χ1v) is 9.72. The first kappa shape index (κ1) is 18.3. The second kappa shape index (κ2) is 7.04. The van der Waals surface area contributed by atoms with Crippen LogP contribution < -0.4 is 5.56 Å². The van der Waals surface area contributed by atoms with Gasteiger partial charge in [-0.3, -0.25) is 9.59 Å². The molecule has 1 fully saturated rings. The van der Waals surface area contributed by atoms with Crippen molar-refractivity contribution in [3.8, 4) is 0 Å². The predicted octanol–water partition coefficient (Wildman–Crippen LogP) is -0.0464. The molecule has 1 aliphatic rings. The van der Waals surface area contributed by atoms with Crippen LogP contribution in [0.2, 0.25) is 0 Å². The Morgan fingerprint density at radius 1 is 1.23 bits per heavy atom. The number of nitrogens with zero attached hydrogens (tertiary/aromatic N) is 4. The van der Waals surface area contributed by atoms with E-state index in [-0.39, 0.29) is 29.6 Å². The lowest BCUT2D eigenvalue weighted by molar-refractivity contribution is 0.0762. The highest BCUT2D eigenvalue weighted by Crippen LogP contribution is 2.17. The van der Waals surface area contributed by atoms with Crippen molar-refractivity contribution in [2.75, 3.05) is 26.2 Å². The van der Waals surface area contributed by atoms with Crippen LogP contribution in [0.25, 0.3) is 0 Å². The van der Waals surface area contributed by atoms with Crippen molar-refractivity contribution in [3.63, 3.8) is 0 Å². The van der Waals surface area contributed by atoms with E-state index in [1.54, 1.807) is 24.6 Å². The number of hydrogen-bond donors (Lipinski definition) is 1. The Labute approximate surface area is 151 Å². The molecule has 26 heavy (non-hydrogen) atoms. The van der Waals surface area contributed by atoms with E-state index in [1.165, 1.54) is 27.7 Å². The Balaban J connectivity index is 1.77. The van der Waals surface area contributed by atoms with Gasteiger partial charge in [-0.05, 0) is 25.5 Å². The molecule has 0 atom stereocenters.